The van der Waals surface area contributed by atoms with Crippen molar-refractivity contribution < 1.29 is 9.21 Å². The summed E-state index contributed by atoms with van der Waals surface area (Å²) in [7, 11) is 3.91. The highest BCUT2D eigenvalue weighted by atomic mass is 79.9. The van der Waals surface area contributed by atoms with E-state index in [2.05, 4.69) is 26.6 Å². The van der Waals surface area contributed by atoms with Gasteiger partial charge in [0.2, 0.25) is 0 Å². The molecule has 6 heteroatoms. The minimum atomic E-state index is -0.202. The second-order valence-corrected chi connectivity index (χ2v) is 6.45. The third-order valence-corrected chi connectivity index (χ3v) is 4.39. The average molecular weight is 380 g/mol. The first-order valence-electron chi connectivity index (χ1n) is 7.47. The Labute approximate surface area is 145 Å². The molecule has 0 radical (unpaired) electrons. The van der Waals surface area contributed by atoms with Gasteiger partial charge in [0.25, 0.3) is 0 Å². The SMILES string of the molecule is CC(NC(=O)NCC(c1ccco1)N(C)C)c1ccccc1Br. The molecular weight excluding hydrogens is 358 g/mol. The number of halogens is 1. The van der Waals surface area contributed by atoms with Crippen molar-refractivity contribution in [3.8, 4) is 0 Å². The lowest BCUT2D eigenvalue weighted by atomic mass is 10.1. The zero-order valence-electron chi connectivity index (χ0n) is 13.5. The van der Waals surface area contributed by atoms with Crippen LogP contribution in [0.2, 0.25) is 0 Å². The largest absolute Gasteiger partial charge is 0.468 e. The molecule has 0 saturated carbocycles. The van der Waals surface area contributed by atoms with Crippen LogP contribution in [0.1, 0.15) is 30.3 Å². The van der Waals surface area contributed by atoms with E-state index in [9.17, 15) is 4.79 Å². The number of rotatable bonds is 6. The summed E-state index contributed by atoms with van der Waals surface area (Å²) in [6, 6.07) is 11.3. The second kappa shape index (κ2) is 8.17. The molecule has 5 nitrogen and oxygen atoms in total. The lowest BCUT2D eigenvalue weighted by molar-refractivity contribution is 0.223. The molecule has 1 aromatic heterocycles. The van der Waals surface area contributed by atoms with Crippen molar-refractivity contribution in [1.82, 2.24) is 15.5 Å². The number of urea groups is 1. The van der Waals surface area contributed by atoms with Crippen molar-refractivity contribution >= 4 is 22.0 Å². The standard InChI is InChI=1S/C17H22BrN3O2/c1-12(13-7-4-5-8-14(13)18)20-17(22)19-11-15(21(2)3)16-9-6-10-23-16/h4-10,12,15H,11H2,1-3H3,(H2,19,20,22). The molecule has 124 valence electrons. The number of hydrogen-bond donors (Lipinski definition) is 2. The van der Waals surface area contributed by atoms with Crippen LogP contribution in [0.5, 0.6) is 0 Å². The summed E-state index contributed by atoms with van der Waals surface area (Å²) in [5.41, 5.74) is 1.04. The Hall–Kier alpha value is -1.79. The molecule has 2 aromatic rings. The quantitative estimate of drug-likeness (QED) is 0.804. The minimum Gasteiger partial charge on any atom is -0.468 e. The molecule has 0 spiro atoms. The molecule has 0 aliphatic rings. The van der Waals surface area contributed by atoms with Gasteiger partial charge in [-0.05, 0) is 44.8 Å². The Balaban J connectivity index is 1.90. The molecule has 2 N–H and O–H groups in total. The van der Waals surface area contributed by atoms with Gasteiger partial charge in [0, 0.05) is 11.0 Å². The van der Waals surface area contributed by atoms with E-state index in [1.54, 1.807) is 6.26 Å². The molecule has 2 atom stereocenters. The van der Waals surface area contributed by atoms with Gasteiger partial charge >= 0.3 is 6.03 Å². The van der Waals surface area contributed by atoms with Crippen molar-refractivity contribution in [3.63, 3.8) is 0 Å². The van der Waals surface area contributed by atoms with Gasteiger partial charge in [0.05, 0.1) is 18.3 Å². The predicted octanol–water partition coefficient (Wildman–Crippen LogP) is 3.71. The first kappa shape index (κ1) is 17.6. The number of amides is 2. The molecule has 0 saturated heterocycles. The molecule has 0 fully saturated rings. The van der Waals surface area contributed by atoms with E-state index in [4.69, 9.17) is 4.42 Å². The zero-order chi connectivity index (χ0) is 16.8. The monoisotopic (exact) mass is 379 g/mol. The smallest absolute Gasteiger partial charge is 0.315 e. The van der Waals surface area contributed by atoms with Crippen LogP contribution in [0.25, 0.3) is 0 Å². The maximum absolute atomic E-state index is 12.1. The Morgan fingerprint density at radius 1 is 1.26 bits per heavy atom. The zero-order valence-corrected chi connectivity index (χ0v) is 15.1. The van der Waals surface area contributed by atoms with Crippen LogP contribution in [-0.2, 0) is 0 Å². The highest BCUT2D eigenvalue weighted by Gasteiger charge is 2.18. The molecule has 2 rings (SSSR count). The number of likely N-dealkylation sites (N-methyl/N-ethyl adjacent to an activating group) is 1. The number of carbonyl (C=O) groups is 1. The fourth-order valence-electron chi connectivity index (χ4n) is 2.36. The van der Waals surface area contributed by atoms with Crippen LogP contribution in [0, 0.1) is 0 Å². The van der Waals surface area contributed by atoms with Crippen molar-refractivity contribution in [3.05, 3.63) is 58.5 Å². The summed E-state index contributed by atoms with van der Waals surface area (Å²) in [5, 5.41) is 5.85. The fourth-order valence-corrected chi connectivity index (χ4v) is 2.99. The normalized spacial score (nSPS) is 13.6. The summed E-state index contributed by atoms with van der Waals surface area (Å²) in [6.45, 7) is 2.42. The van der Waals surface area contributed by atoms with Gasteiger partial charge in [-0.3, -0.25) is 4.90 Å². The van der Waals surface area contributed by atoms with Crippen molar-refractivity contribution in [2.24, 2.45) is 0 Å². The number of carbonyl (C=O) groups excluding carboxylic acids is 1. The molecule has 0 aliphatic carbocycles. The van der Waals surface area contributed by atoms with Crippen LogP contribution >= 0.6 is 15.9 Å². The number of nitrogens with zero attached hydrogens (tertiary/aromatic N) is 1. The van der Waals surface area contributed by atoms with E-state index in [1.807, 2.05) is 62.3 Å². The first-order chi connectivity index (χ1) is 11.0. The van der Waals surface area contributed by atoms with Crippen LogP contribution in [-0.4, -0.2) is 31.6 Å². The predicted molar refractivity (Wildman–Crippen MR) is 94.2 cm³/mol. The molecule has 2 amide bonds. The summed E-state index contributed by atoms with van der Waals surface area (Å²) < 4.78 is 6.42. The summed E-state index contributed by atoms with van der Waals surface area (Å²) in [5.74, 6) is 0.828. The molecule has 23 heavy (non-hydrogen) atoms. The molecule has 0 bridgehead atoms. The summed E-state index contributed by atoms with van der Waals surface area (Å²) in [6.07, 6.45) is 1.64. The lowest BCUT2D eigenvalue weighted by Crippen LogP contribution is -2.41. The Morgan fingerprint density at radius 2 is 2.00 bits per heavy atom. The van der Waals surface area contributed by atoms with Gasteiger partial charge in [0.1, 0.15) is 5.76 Å². The summed E-state index contributed by atoms with van der Waals surface area (Å²) in [4.78, 5) is 14.2. The molecule has 0 aliphatic heterocycles. The number of nitrogens with one attached hydrogen (secondary N) is 2. The van der Waals surface area contributed by atoms with E-state index in [0.717, 1.165) is 15.8 Å². The van der Waals surface area contributed by atoms with Crippen LogP contribution in [0.4, 0.5) is 4.79 Å². The van der Waals surface area contributed by atoms with Crippen LogP contribution in [0.3, 0.4) is 0 Å². The van der Waals surface area contributed by atoms with E-state index in [0.29, 0.717) is 6.54 Å². The van der Waals surface area contributed by atoms with Crippen molar-refractivity contribution in [2.75, 3.05) is 20.6 Å². The van der Waals surface area contributed by atoms with Gasteiger partial charge in [-0.25, -0.2) is 4.79 Å². The number of hydrogen-bond acceptors (Lipinski definition) is 3. The Morgan fingerprint density at radius 3 is 2.61 bits per heavy atom. The van der Waals surface area contributed by atoms with Gasteiger partial charge in [-0.2, -0.15) is 0 Å². The highest BCUT2D eigenvalue weighted by Crippen LogP contribution is 2.22. The van der Waals surface area contributed by atoms with Crippen LogP contribution in [0.15, 0.2) is 51.6 Å². The molecule has 1 aromatic carbocycles. The maximum Gasteiger partial charge on any atom is 0.315 e. The third kappa shape index (κ3) is 4.84. The van der Waals surface area contributed by atoms with E-state index in [-0.39, 0.29) is 18.1 Å². The third-order valence-electron chi connectivity index (χ3n) is 3.67. The minimum absolute atomic E-state index is 0.00508. The van der Waals surface area contributed by atoms with E-state index < -0.39 is 0 Å². The Kier molecular flexibility index (Phi) is 6.24. The van der Waals surface area contributed by atoms with Gasteiger partial charge < -0.3 is 15.1 Å². The molecular formula is C17H22BrN3O2. The maximum atomic E-state index is 12.1. The van der Waals surface area contributed by atoms with E-state index >= 15 is 0 Å². The lowest BCUT2D eigenvalue weighted by Gasteiger charge is -2.23. The molecule has 2 unspecified atom stereocenters. The fraction of sp³-hybridized carbons (Fsp3) is 0.353. The molecule has 1 heterocycles. The van der Waals surface area contributed by atoms with Crippen molar-refractivity contribution in [1.29, 1.82) is 0 Å². The highest BCUT2D eigenvalue weighted by molar-refractivity contribution is 9.10. The first-order valence-corrected chi connectivity index (χ1v) is 8.27. The van der Waals surface area contributed by atoms with Gasteiger partial charge in [-0.1, -0.05) is 34.1 Å². The second-order valence-electron chi connectivity index (χ2n) is 5.59. The van der Waals surface area contributed by atoms with E-state index in [1.165, 1.54) is 0 Å². The topological polar surface area (TPSA) is 57.5 Å². The van der Waals surface area contributed by atoms with Gasteiger partial charge in [0.15, 0.2) is 0 Å². The number of furan rings is 1. The number of benzene rings is 1. The van der Waals surface area contributed by atoms with Crippen LogP contribution < -0.4 is 10.6 Å². The Bertz CT molecular complexity index is 629. The summed E-state index contributed by atoms with van der Waals surface area (Å²) >= 11 is 3.50. The van der Waals surface area contributed by atoms with Gasteiger partial charge in [-0.15, -0.1) is 0 Å². The van der Waals surface area contributed by atoms with Crippen molar-refractivity contribution in [2.45, 2.75) is 19.0 Å². The average Bonchev–Trinajstić information content (AvgIpc) is 3.01.